The Morgan fingerprint density at radius 3 is 2.81 bits per heavy atom. The van der Waals surface area contributed by atoms with Crippen molar-refractivity contribution in [3.8, 4) is 0 Å². The van der Waals surface area contributed by atoms with Gasteiger partial charge < -0.3 is 15.2 Å². The molecule has 4 nitrogen and oxygen atoms in total. The van der Waals surface area contributed by atoms with Gasteiger partial charge >= 0.3 is 0 Å². The van der Waals surface area contributed by atoms with Crippen LogP contribution in [0.5, 0.6) is 0 Å². The van der Waals surface area contributed by atoms with Crippen LogP contribution in [0.25, 0.3) is 11.0 Å². The second kappa shape index (κ2) is 4.14. The first-order valence-corrected chi connectivity index (χ1v) is 5.45. The first-order chi connectivity index (χ1) is 7.59. The Morgan fingerprint density at radius 1 is 1.38 bits per heavy atom. The summed E-state index contributed by atoms with van der Waals surface area (Å²) in [6, 6.07) is 5.94. The van der Waals surface area contributed by atoms with Crippen LogP contribution in [-0.2, 0) is 6.54 Å². The second-order valence-corrected chi connectivity index (χ2v) is 4.33. The summed E-state index contributed by atoms with van der Waals surface area (Å²) in [7, 11) is 4.14. The van der Waals surface area contributed by atoms with Crippen molar-refractivity contribution in [2.24, 2.45) is 0 Å². The molecule has 2 rings (SSSR count). The van der Waals surface area contributed by atoms with Crippen LogP contribution in [0.1, 0.15) is 5.82 Å². The highest BCUT2D eigenvalue weighted by Crippen LogP contribution is 2.21. The molecule has 0 radical (unpaired) electrons. The summed E-state index contributed by atoms with van der Waals surface area (Å²) in [6.07, 6.45) is 0. The summed E-state index contributed by atoms with van der Waals surface area (Å²) >= 11 is 0. The van der Waals surface area contributed by atoms with Gasteiger partial charge in [-0.1, -0.05) is 6.07 Å². The number of likely N-dealkylation sites (N-methyl/N-ethyl adjacent to an activating group) is 1. The van der Waals surface area contributed by atoms with Gasteiger partial charge in [-0.15, -0.1) is 0 Å². The Bertz CT molecular complexity index is 499. The molecule has 0 saturated carbocycles. The third kappa shape index (κ3) is 1.88. The van der Waals surface area contributed by atoms with Gasteiger partial charge in [-0.3, -0.25) is 0 Å². The van der Waals surface area contributed by atoms with Crippen molar-refractivity contribution >= 4 is 16.7 Å². The molecule has 0 aliphatic rings. The molecule has 1 aromatic carbocycles. The minimum absolute atomic E-state index is 0.754. The van der Waals surface area contributed by atoms with Gasteiger partial charge in [0.05, 0.1) is 11.2 Å². The van der Waals surface area contributed by atoms with E-state index in [1.54, 1.807) is 0 Å². The Balaban J connectivity index is 2.44. The van der Waals surface area contributed by atoms with Crippen molar-refractivity contribution in [3.63, 3.8) is 0 Å². The van der Waals surface area contributed by atoms with Crippen LogP contribution in [0.3, 0.4) is 0 Å². The lowest BCUT2D eigenvalue weighted by Crippen LogP contribution is -2.18. The molecule has 1 aromatic heterocycles. The Labute approximate surface area is 95.7 Å². The normalized spacial score (nSPS) is 11.5. The fourth-order valence-electron chi connectivity index (χ4n) is 1.87. The molecular weight excluding hydrogens is 200 g/mol. The fraction of sp³-hybridized carbons (Fsp3) is 0.417. The maximum Gasteiger partial charge on any atom is 0.112 e. The molecule has 0 atom stereocenters. The van der Waals surface area contributed by atoms with Crippen LogP contribution in [0.2, 0.25) is 0 Å². The van der Waals surface area contributed by atoms with Gasteiger partial charge in [0, 0.05) is 13.1 Å². The Hall–Kier alpha value is -1.55. The van der Waals surface area contributed by atoms with Crippen molar-refractivity contribution in [2.75, 3.05) is 26.4 Å². The number of aromatic nitrogens is 2. The first kappa shape index (κ1) is 11.0. The molecule has 2 N–H and O–H groups in total. The summed E-state index contributed by atoms with van der Waals surface area (Å²) < 4.78 is 2.21. The average molecular weight is 218 g/mol. The van der Waals surface area contributed by atoms with E-state index in [0.717, 1.165) is 35.6 Å². The fourth-order valence-corrected chi connectivity index (χ4v) is 1.87. The third-order valence-corrected chi connectivity index (χ3v) is 2.77. The SMILES string of the molecule is Cc1nc2c(N)cccc2n1CCN(C)C. The lowest BCUT2D eigenvalue weighted by atomic mass is 10.3. The summed E-state index contributed by atoms with van der Waals surface area (Å²) in [6.45, 7) is 3.97. The molecule has 0 unspecified atom stereocenters. The number of nitrogen functional groups attached to an aromatic ring is 1. The van der Waals surface area contributed by atoms with Gasteiger partial charge in [0.25, 0.3) is 0 Å². The van der Waals surface area contributed by atoms with Crippen molar-refractivity contribution in [3.05, 3.63) is 24.0 Å². The zero-order chi connectivity index (χ0) is 11.7. The molecule has 4 heteroatoms. The molecule has 0 fully saturated rings. The topological polar surface area (TPSA) is 47.1 Å². The number of hydrogen-bond donors (Lipinski definition) is 1. The standard InChI is InChI=1S/C12H18N4/c1-9-14-12-10(13)5-4-6-11(12)16(9)8-7-15(2)3/h4-6H,7-8,13H2,1-3H3. The van der Waals surface area contributed by atoms with Gasteiger partial charge in [-0.25, -0.2) is 4.98 Å². The van der Waals surface area contributed by atoms with E-state index in [-0.39, 0.29) is 0 Å². The number of hydrogen-bond acceptors (Lipinski definition) is 3. The minimum Gasteiger partial charge on any atom is -0.397 e. The molecule has 0 saturated heterocycles. The summed E-state index contributed by atoms with van der Waals surface area (Å²) in [5.41, 5.74) is 8.70. The monoisotopic (exact) mass is 218 g/mol. The lowest BCUT2D eigenvalue weighted by molar-refractivity contribution is 0.384. The molecule has 2 aromatic rings. The molecule has 0 amide bonds. The van der Waals surface area contributed by atoms with Gasteiger partial charge in [-0.05, 0) is 33.2 Å². The smallest absolute Gasteiger partial charge is 0.112 e. The zero-order valence-corrected chi connectivity index (χ0v) is 10.1. The van der Waals surface area contributed by atoms with E-state index in [1.165, 1.54) is 0 Å². The van der Waals surface area contributed by atoms with E-state index in [1.807, 2.05) is 19.1 Å². The molecule has 0 aliphatic carbocycles. The van der Waals surface area contributed by atoms with E-state index >= 15 is 0 Å². The van der Waals surface area contributed by atoms with Crippen LogP contribution in [0.15, 0.2) is 18.2 Å². The van der Waals surface area contributed by atoms with E-state index in [4.69, 9.17) is 5.73 Å². The first-order valence-electron chi connectivity index (χ1n) is 5.45. The van der Waals surface area contributed by atoms with E-state index in [2.05, 4.69) is 34.6 Å². The van der Waals surface area contributed by atoms with Crippen molar-refractivity contribution < 1.29 is 0 Å². The Morgan fingerprint density at radius 2 is 2.12 bits per heavy atom. The lowest BCUT2D eigenvalue weighted by Gasteiger charge is -2.11. The highest BCUT2D eigenvalue weighted by molar-refractivity contribution is 5.87. The van der Waals surface area contributed by atoms with Gasteiger partial charge in [0.1, 0.15) is 11.3 Å². The molecule has 1 heterocycles. The van der Waals surface area contributed by atoms with Gasteiger partial charge in [0.15, 0.2) is 0 Å². The van der Waals surface area contributed by atoms with Crippen LogP contribution in [0, 0.1) is 6.92 Å². The maximum atomic E-state index is 5.91. The molecular formula is C12H18N4. The number of aryl methyl sites for hydroxylation is 1. The predicted molar refractivity (Wildman–Crippen MR) is 67.4 cm³/mol. The number of benzene rings is 1. The largest absolute Gasteiger partial charge is 0.397 e. The number of nitrogens with zero attached hydrogens (tertiary/aromatic N) is 3. The maximum absolute atomic E-state index is 5.91. The van der Waals surface area contributed by atoms with E-state index in [0.29, 0.717) is 0 Å². The quantitative estimate of drug-likeness (QED) is 0.794. The van der Waals surface area contributed by atoms with Crippen LogP contribution in [-0.4, -0.2) is 35.1 Å². The average Bonchev–Trinajstić information content (AvgIpc) is 2.53. The number of nitrogens with two attached hydrogens (primary N) is 1. The number of imidazole rings is 1. The molecule has 86 valence electrons. The van der Waals surface area contributed by atoms with Crippen molar-refractivity contribution in [1.82, 2.24) is 14.5 Å². The summed E-state index contributed by atoms with van der Waals surface area (Å²) in [5, 5.41) is 0. The minimum atomic E-state index is 0.754. The van der Waals surface area contributed by atoms with Crippen LogP contribution >= 0.6 is 0 Å². The van der Waals surface area contributed by atoms with E-state index in [9.17, 15) is 0 Å². The number of para-hydroxylation sites is 1. The van der Waals surface area contributed by atoms with Crippen LogP contribution < -0.4 is 5.73 Å². The van der Waals surface area contributed by atoms with Gasteiger partial charge in [0.2, 0.25) is 0 Å². The van der Waals surface area contributed by atoms with Crippen LogP contribution in [0.4, 0.5) is 5.69 Å². The number of rotatable bonds is 3. The van der Waals surface area contributed by atoms with E-state index < -0.39 is 0 Å². The van der Waals surface area contributed by atoms with Gasteiger partial charge in [-0.2, -0.15) is 0 Å². The summed E-state index contributed by atoms with van der Waals surface area (Å²) in [5.74, 6) is 1.02. The summed E-state index contributed by atoms with van der Waals surface area (Å²) in [4.78, 5) is 6.67. The highest BCUT2D eigenvalue weighted by Gasteiger charge is 2.08. The number of anilines is 1. The third-order valence-electron chi connectivity index (χ3n) is 2.77. The zero-order valence-electron chi connectivity index (χ0n) is 10.1. The highest BCUT2D eigenvalue weighted by atomic mass is 15.1. The predicted octanol–water partition coefficient (Wildman–Crippen LogP) is 1.49. The second-order valence-electron chi connectivity index (χ2n) is 4.33. The van der Waals surface area contributed by atoms with Crippen molar-refractivity contribution in [2.45, 2.75) is 13.5 Å². The Kier molecular flexibility index (Phi) is 2.83. The molecule has 16 heavy (non-hydrogen) atoms. The molecule has 0 aliphatic heterocycles. The number of fused-ring (bicyclic) bond motifs is 1. The molecule has 0 spiro atoms. The molecule has 0 bridgehead atoms. The van der Waals surface area contributed by atoms with Crippen molar-refractivity contribution in [1.29, 1.82) is 0 Å².